The smallest absolute Gasteiger partial charge is 0.319 e. The zero-order chi connectivity index (χ0) is 13.7. The Labute approximate surface area is 124 Å². The Morgan fingerprint density at radius 3 is 2.68 bits per heavy atom. The number of aromatic nitrogens is 1. The number of carbonyl (C=O) groups excluding carboxylic acids is 1. The fourth-order valence-electron chi connectivity index (χ4n) is 1.44. The zero-order valence-electron chi connectivity index (χ0n) is 9.86. The Morgan fingerprint density at radius 2 is 2.00 bits per heavy atom. The largest absolute Gasteiger partial charge is 0.334 e. The van der Waals surface area contributed by atoms with Crippen molar-refractivity contribution in [2.75, 3.05) is 5.32 Å². The van der Waals surface area contributed by atoms with Crippen LogP contribution < -0.4 is 10.6 Å². The molecule has 0 fully saturated rings. The second-order valence-electron chi connectivity index (χ2n) is 3.79. The lowest BCUT2D eigenvalue weighted by Crippen LogP contribution is -2.28. The van der Waals surface area contributed by atoms with Crippen molar-refractivity contribution in [1.82, 2.24) is 10.3 Å². The molecule has 0 bridgehead atoms. The molecule has 2 rings (SSSR count). The number of pyridine rings is 1. The molecule has 2 N–H and O–H groups in total. The fraction of sp³-hybridized carbons (Fsp3) is 0.0769. The highest BCUT2D eigenvalue weighted by Gasteiger charge is 2.05. The van der Waals surface area contributed by atoms with Gasteiger partial charge >= 0.3 is 6.03 Å². The van der Waals surface area contributed by atoms with Crippen LogP contribution in [0, 0.1) is 0 Å². The highest BCUT2D eigenvalue weighted by atomic mass is 79.9. The van der Waals surface area contributed by atoms with E-state index in [1.807, 2.05) is 18.2 Å². The summed E-state index contributed by atoms with van der Waals surface area (Å²) in [5.41, 5.74) is 1.55. The molecular formula is C13H11BrClN3O. The number of amides is 2. The summed E-state index contributed by atoms with van der Waals surface area (Å²) in [6, 6.07) is 8.64. The molecular weight excluding hydrogens is 330 g/mol. The van der Waals surface area contributed by atoms with Gasteiger partial charge in [-0.05, 0) is 35.9 Å². The van der Waals surface area contributed by atoms with Gasteiger partial charge in [0.25, 0.3) is 0 Å². The van der Waals surface area contributed by atoms with Gasteiger partial charge in [-0.1, -0.05) is 27.5 Å². The van der Waals surface area contributed by atoms with E-state index in [2.05, 4.69) is 31.5 Å². The molecule has 2 aromatic rings. The number of carbonyl (C=O) groups is 1. The van der Waals surface area contributed by atoms with Crippen LogP contribution in [0.1, 0.15) is 5.56 Å². The van der Waals surface area contributed by atoms with Crippen molar-refractivity contribution in [2.24, 2.45) is 0 Å². The Hall–Kier alpha value is -1.59. The van der Waals surface area contributed by atoms with Crippen LogP contribution in [0.5, 0.6) is 0 Å². The molecule has 0 aliphatic heterocycles. The number of benzene rings is 1. The SMILES string of the molecule is O=C(NCc1ccncc1)Nc1ccc(Br)cc1Cl. The van der Waals surface area contributed by atoms with Gasteiger partial charge in [-0.15, -0.1) is 0 Å². The molecule has 98 valence electrons. The molecule has 0 unspecified atom stereocenters. The minimum atomic E-state index is -0.305. The highest BCUT2D eigenvalue weighted by Crippen LogP contribution is 2.25. The summed E-state index contributed by atoms with van der Waals surface area (Å²) in [6.07, 6.45) is 3.36. The van der Waals surface area contributed by atoms with Gasteiger partial charge in [0.1, 0.15) is 0 Å². The summed E-state index contributed by atoms with van der Waals surface area (Å²) in [7, 11) is 0. The third kappa shape index (κ3) is 4.22. The number of halogens is 2. The van der Waals surface area contributed by atoms with Crippen molar-refractivity contribution >= 4 is 39.2 Å². The van der Waals surface area contributed by atoms with Gasteiger partial charge < -0.3 is 10.6 Å². The van der Waals surface area contributed by atoms with Gasteiger partial charge in [0.2, 0.25) is 0 Å². The standard InChI is InChI=1S/C13H11BrClN3O/c14-10-1-2-12(11(15)7-10)18-13(19)17-8-9-3-5-16-6-4-9/h1-7H,8H2,(H2,17,18,19). The summed E-state index contributed by atoms with van der Waals surface area (Å²) in [5.74, 6) is 0. The molecule has 0 atom stereocenters. The maximum absolute atomic E-state index is 11.7. The zero-order valence-corrected chi connectivity index (χ0v) is 12.2. The molecule has 1 aromatic heterocycles. The first-order chi connectivity index (χ1) is 9.15. The molecule has 0 saturated carbocycles. The van der Waals surface area contributed by atoms with E-state index >= 15 is 0 Å². The molecule has 1 heterocycles. The fourth-order valence-corrected chi connectivity index (χ4v) is 2.16. The summed E-state index contributed by atoms with van der Waals surface area (Å²) < 4.78 is 0.861. The van der Waals surface area contributed by atoms with E-state index in [9.17, 15) is 4.79 Å². The first-order valence-corrected chi connectivity index (χ1v) is 6.71. The van der Waals surface area contributed by atoms with Crippen LogP contribution in [-0.2, 0) is 6.54 Å². The van der Waals surface area contributed by atoms with Crippen molar-refractivity contribution in [3.05, 3.63) is 57.8 Å². The predicted molar refractivity (Wildman–Crippen MR) is 79.2 cm³/mol. The van der Waals surface area contributed by atoms with Crippen LogP contribution in [0.3, 0.4) is 0 Å². The number of rotatable bonds is 3. The average Bonchev–Trinajstić information content (AvgIpc) is 2.41. The number of anilines is 1. The second-order valence-corrected chi connectivity index (χ2v) is 5.11. The molecule has 2 amide bonds. The lowest BCUT2D eigenvalue weighted by Gasteiger charge is -2.09. The summed E-state index contributed by atoms with van der Waals surface area (Å²) in [5, 5.41) is 5.91. The van der Waals surface area contributed by atoms with Crippen molar-refractivity contribution in [1.29, 1.82) is 0 Å². The molecule has 6 heteroatoms. The monoisotopic (exact) mass is 339 g/mol. The minimum absolute atomic E-state index is 0.305. The van der Waals surface area contributed by atoms with Crippen molar-refractivity contribution in [3.8, 4) is 0 Å². The van der Waals surface area contributed by atoms with E-state index in [1.54, 1.807) is 24.5 Å². The van der Waals surface area contributed by atoms with Crippen LogP contribution in [0.4, 0.5) is 10.5 Å². The maximum atomic E-state index is 11.7. The quantitative estimate of drug-likeness (QED) is 0.892. The number of hydrogen-bond donors (Lipinski definition) is 2. The first-order valence-electron chi connectivity index (χ1n) is 5.54. The van der Waals surface area contributed by atoms with E-state index in [1.165, 1.54) is 0 Å². The molecule has 0 aliphatic carbocycles. The first kappa shape index (κ1) is 13.8. The highest BCUT2D eigenvalue weighted by molar-refractivity contribution is 9.10. The molecule has 19 heavy (non-hydrogen) atoms. The van der Waals surface area contributed by atoms with E-state index in [0.717, 1.165) is 10.0 Å². The molecule has 1 aromatic carbocycles. The number of urea groups is 1. The molecule has 0 aliphatic rings. The van der Waals surface area contributed by atoms with Crippen molar-refractivity contribution in [3.63, 3.8) is 0 Å². The van der Waals surface area contributed by atoms with Crippen molar-refractivity contribution in [2.45, 2.75) is 6.54 Å². The topological polar surface area (TPSA) is 54.0 Å². The van der Waals surface area contributed by atoms with Gasteiger partial charge in [-0.25, -0.2) is 4.79 Å². The Bertz CT molecular complexity index is 577. The average molecular weight is 341 g/mol. The number of nitrogens with zero attached hydrogens (tertiary/aromatic N) is 1. The van der Waals surface area contributed by atoms with Crippen LogP contribution >= 0.6 is 27.5 Å². The number of hydrogen-bond acceptors (Lipinski definition) is 2. The maximum Gasteiger partial charge on any atom is 0.319 e. The molecule has 0 radical (unpaired) electrons. The van der Waals surface area contributed by atoms with Gasteiger partial charge in [-0.2, -0.15) is 0 Å². The molecule has 0 saturated heterocycles. The van der Waals surface area contributed by atoms with Gasteiger partial charge in [-0.3, -0.25) is 4.98 Å². The molecule has 0 spiro atoms. The van der Waals surface area contributed by atoms with Gasteiger partial charge in [0, 0.05) is 23.4 Å². The van der Waals surface area contributed by atoms with Crippen LogP contribution in [0.15, 0.2) is 47.2 Å². The normalized spacial score (nSPS) is 10.0. The Morgan fingerprint density at radius 1 is 1.26 bits per heavy atom. The van der Waals surface area contributed by atoms with Gasteiger partial charge in [0.05, 0.1) is 10.7 Å². The van der Waals surface area contributed by atoms with Crippen LogP contribution in [0.25, 0.3) is 0 Å². The van der Waals surface area contributed by atoms with E-state index in [4.69, 9.17) is 11.6 Å². The Kier molecular flexibility index (Phi) is 4.76. The number of nitrogens with one attached hydrogen (secondary N) is 2. The minimum Gasteiger partial charge on any atom is -0.334 e. The lowest BCUT2D eigenvalue weighted by atomic mass is 10.3. The Balaban J connectivity index is 1.91. The predicted octanol–water partition coefficient (Wildman–Crippen LogP) is 3.82. The molecule has 4 nitrogen and oxygen atoms in total. The third-order valence-electron chi connectivity index (χ3n) is 2.38. The summed E-state index contributed by atoms with van der Waals surface area (Å²) in [6.45, 7) is 0.433. The van der Waals surface area contributed by atoms with Crippen LogP contribution in [-0.4, -0.2) is 11.0 Å². The summed E-state index contributed by atoms with van der Waals surface area (Å²) in [4.78, 5) is 15.6. The summed E-state index contributed by atoms with van der Waals surface area (Å²) >= 11 is 9.32. The van der Waals surface area contributed by atoms with E-state index < -0.39 is 0 Å². The second kappa shape index (κ2) is 6.54. The van der Waals surface area contributed by atoms with E-state index in [0.29, 0.717) is 17.3 Å². The van der Waals surface area contributed by atoms with E-state index in [-0.39, 0.29) is 6.03 Å². The third-order valence-corrected chi connectivity index (χ3v) is 3.19. The lowest BCUT2D eigenvalue weighted by molar-refractivity contribution is 0.251. The van der Waals surface area contributed by atoms with Crippen LogP contribution in [0.2, 0.25) is 5.02 Å². The van der Waals surface area contributed by atoms with Gasteiger partial charge in [0.15, 0.2) is 0 Å². The van der Waals surface area contributed by atoms with Crippen molar-refractivity contribution < 1.29 is 4.79 Å².